The molecule has 0 amide bonds. The van der Waals surface area contributed by atoms with Crippen molar-refractivity contribution in [2.75, 3.05) is 47.1 Å². The summed E-state index contributed by atoms with van der Waals surface area (Å²) in [6, 6.07) is 0.996. The summed E-state index contributed by atoms with van der Waals surface area (Å²) in [5.41, 5.74) is 0. The first-order valence-corrected chi connectivity index (χ1v) is 9.54. The van der Waals surface area contributed by atoms with Gasteiger partial charge in [-0.25, -0.2) is 0 Å². The Labute approximate surface area is 114 Å². The predicted molar refractivity (Wildman–Crippen MR) is 78.3 cm³/mol. The van der Waals surface area contributed by atoms with E-state index >= 15 is 0 Å². The molecule has 0 saturated heterocycles. The van der Waals surface area contributed by atoms with Gasteiger partial charge in [0.1, 0.15) is 0 Å². The summed E-state index contributed by atoms with van der Waals surface area (Å²) in [5, 5.41) is 0. The molecule has 0 N–H and O–H groups in total. The highest BCUT2D eigenvalue weighted by molar-refractivity contribution is 6.65. The highest BCUT2D eigenvalue weighted by Crippen LogP contribution is 2.13. The molecule has 18 heavy (non-hydrogen) atoms. The van der Waals surface area contributed by atoms with Crippen LogP contribution in [0.2, 0.25) is 12.6 Å². The molecule has 0 radical (unpaired) electrons. The lowest BCUT2D eigenvalue weighted by Gasteiger charge is -2.22. The zero-order chi connectivity index (χ0) is 13.9. The lowest BCUT2D eigenvalue weighted by atomic mass is 10.4. The fourth-order valence-corrected chi connectivity index (χ4v) is 3.18. The molecule has 0 aromatic heterocycles. The SMILES string of the molecule is CCN(CC)CCCOCCC[Si](C)(OC)OC. The normalized spacial score (nSPS) is 12.3. The summed E-state index contributed by atoms with van der Waals surface area (Å²) in [6.07, 6.45) is 2.14. The van der Waals surface area contributed by atoms with Crippen molar-refractivity contribution in [3.8, 4) is 0 Å². The van der Waals surface area contributed by atoms with Crippen LogP contribution >= 0.6 is 0 Å². The maximum Gasteiger partial charge on any atom is 0.334 e. The zero-order valence-electron chi connectivity index (χ0n) is 12.8. The summed E-state index contributed by atoms with van der Waals surface area (Å²) in [5.74, 6) is 0. The van der Waals surface area contributed by atoms with E-state index in [-0.39, 0.29) is 0 Å². The first-order chi connectivity index (χ1) is 8.61. The summed E-state index contributed by atoms with van der Waals surface area (Å²) in [7, 11) is 1.59. The molecular formula is C13H31NO3Si. The van der Waals surface area contributed by atoms with Crippen LogP contribution in [0.3, 0.4) is 0 Å². The van der Waals surface area contributed by atoms with Crippen molar-refractivity contribution in [2.45, 2.75) is 39.3 Å². The molecule has 0 atom stereocenters. The molecule has 0 spiro atoms. The van der Waals surface area contributed by atoms with Crippen LogP contribution in [0.5, 0.6) is 0 Å². The van der Waals surface area contributed by atoms with Gasteiger partial charge >= 0.3 is 8.56 Å². The lowest BCUT2D eigenvalue weighted by Crippen LogP contribution is -2.36. The molecule has 0 aromatic rings. The van der Waals surface area contributed by atoms with Gasteiger partial charge < -0.3 is 18.5 Å². The van der Waals surface area contributed by atoms with Gasteiger partial charge in [-0.3, -0.25) is 0 Å². The Kier molecular flexibility index (Phi) is 11.0. The van der Waals surface area contributed by atoms with Gasteiger partial charge in [-0.2, -0.15) is 0 Å². The standard InChI is InChI=1S/C13H31NO3Si/c1-6-14(7-2)10-8-11-17-12-9-13-18(5,15-3)16-4/h6-13H2,1-5H3. The first-order valence-electron chi connectivity index (χ1n) is 7.02. The number of ether oxygens (including phenoxy) is 1. The molecule has 0 aromatic carbocycles. The van der Waals surface area contributed by atoms with Crippen molar-refractivity contribution in [2.24, 2.45) is 0 Å². The van der Waals surface area contributed by atoms with Gasteiger partial charge in [-0.15, -0.1) is 0 Å². The molecule has 110 valence electrons. The quantitative estimate of drug-likeness (QED) is 0.405. The van der Waals surface area contributed by atoms with Crippen LogP contribution < -0.4 is 0 Å². The Balaban J connectivity index is 3.41. The summed E-state index contributed by atoms with van der Waals surface area (Å²) in [4.78, 5) is 2.42. The third kappa shape index (κ3) is 8.21. The van der Waals surface area contributed by atoms with Crippen molar-refractivity contribution in [3.05, 3.63) is 0 Å². The maximum absolute atomic E-state index is 5.64. The van der Waals surface area contributed by atoms with E-state index in [1.54, 1.807) is 14.2 Å². The van der Waals surface area contributed by atoms with Crippen LogP contribution in [0.1, 0.15) is 26.7 Å². The van der Waals surface area contributed by atoms with Gasteiger partial charge in [0.25, 0.3) is 0 Å². The van der Waals surface area contributed by atoms with Crippen LogP contribution in [0.25, 0.3) is 0 Å². The minimum absolute atomic E-state index is 0.813. The molecule has 0 unspecified atom stereocenters. The van der Waals surface area contributed by atoms with E-state index in [1.807, 2.05) is 0 Å². The molecule has 0 aliphatic carbocycles. The smallest absolute Gasteiger partial charge is 0.334 e. The van der Waals surface area contributed by atoms with Gasteiger partial charge in [-0.1, -0.05) is 13.8 Å². The predicted octanol–water partition coefficient (Wildman–Crippen LogP) is 2.49. The highest BCUT2D eigenvalue weighted by atomic mass is 28.4. The molecule has 0 saturated carbocycles. The van der Waals surface area contributed by atoms with Crippen molar-refractivity contribution in [3.63, 3.8) is 0 Å². The Morgan fingerprint density at radius 1 is 0.944 bits per heavy atom. The molecular weight excluding hydrogens is 246 g/mol. The molecule has 0 bridgehead atoms. The Hall–Kier alpha value is 0.0569. The van der Waals surface area contributed by atoms with E-state index in [0.717, 1.165) is 51.7 Å². The third-order valence-corrected chi connectivity index (χ3v) is 6.43. The third-order valence-electron chi connectivity index (χ3n) is 3.44. The lowest BCUT2D eigenvalue weighted by molar-refractivity contribution is 0.120. The Morgan fingerprint density at radius 3 is 2.00 bits per heavy atom. The van der Waals surface area contributed by atoms with Crippen LogP contribution in [-0.2, 0) is 13.6 Å². The highest BCUT2D eigenvalue weighted by Gasteiger charge is 2.27. The number of nitrogens with zero attached hydrogens (tertiary/aromatic N) is 1. The van der Waals surface area contributed by atoms with E-state index in [4.69, 9.17) is 13.6 Å². The van der Waals surface area contributed by atoms with Crippen LogP contribution in [0, 0.1) is 0 Å². The van der Waals surface area contributed by atoms with Gasteiger partial charge in [0, 0.05) is 34.0 Å². The second-order valence-electron chi connectivity index (χ2n) is 4.64. The van der Waals surface area contributed by atoms with Gasteiger partial charge in [0.15, 0.2) is 0 Å². The summed E-state index contributed by atoms with van der Waals surface area (Å²) in [6.45, 7) is 11.5. The molecule has 0 aliphatic rings. The van der Waals surface area contributed by atoms with E-state index in [2.05, 4.69) is 25.3 Å². The van der Waals surface area contributed by atoms with Crippen LogP contribution in [-0.4, -0.2) is 60.5 Å². The molecule has 0 heterocycles. The Bertz CT molecular complexity index is 185. The van der Waals surface area contributed by atoms with Crippen molar-refractivity contribution in [1.29, 1.82) is 0 Å². The monoisotopic (exact) mass is 277 g/mol. The summed E-state index contributed by atoms with van der Waals surface area (Å²) >= 11 is 0. The van der Waals surface area contributed by atoms with Crippen LogP contribution in [0.15, 0.2) is 0 Å². The van der Waals surface area contributed by atoms with E-state index < -0.39 is 8.56 Å². The minimum Gasteiger partial charge on any atom is -0.398 e. The fourth-order valence-electron chi connectivity index (χ4n) is 1.81. The van der Waals surface area contributed by atoms with Gasteiger partial charge in [0.2, 0.25) is 0 Å². The van der Waals surface area contributed by atoms with E-state index in [9.17, 15) is 0 Å². The summed E-state index contributed by atoms with van der Waals surface area (Å²) < 4.78 is 16.5. The average Bonchev–Trinajstić information content (AvgIpc) is 2.41. The topological polar surface area (TPSA) is 30.9 Å². The second-order valence-corrected chi connectivity index (χ2v) is 8.22. The van der Waals surface area contributed by atoms with Crippen molar-refractivity contribution in [1.82, 2.24) is 4.90 Å². The fraction of sp³-hybridized carbons (Fsp3) is 1.00. The largest absolute Gasteiger partial charge is 0.398 e. The van der Waals surface area contributed by atoms with Gasteiger partial charge in [-0.05, 0) is 38.5 Å². The average molecular weight is 277 g/mol. The number of rotatable bonds is 12. The second kappa shape index (κ2) is 10.9. The van der Waals surface area contributed by atoms with E-state index in [0.29, 0.717) is 0 Å². The van der Waals surface area contributed by atoms with Crippen molar-refractivity contribution >= 4 is 8.56 Å². The van der Waals surface area contributed by atoms with Crippen LogP contribution in [0.4, 0.5) is 0 Å². The molecule has 4 nitrogen and oxygen atoms in total. The maximum atomic E-state index is 5.64. The van der Waals surface area contributed by atoms with E-state index in [1.165, 1.54) is 0 Å². The molecule has 0 fully saturated rings. The molecule has 5 heteroatoms. The first kappa shape index (κ1) is 18.1. The van der Waals surface area contributed by atoms with Gasteiger partial charge in [0.05, 0.1) is 0 Å². The zero-order valence-corrected chi connectivity index (χ0v) is 13.8. The molecule has 0 rings (SSSR count). The Morgan fingerprint density at radius 2 is 1.50 bits per heavy atom. The number of hydrogen-bond acceptors (Lipinski definition) is 4. The molecule has 0 aliphatic heterocycles. The number of hydrogen-bond donors (Lipinski definition) is 0. The minimum atomic E-state index is -1.88. The van der Waals surface area contributed by atoms with Crippen molar-refractivity contribution < 1.29 is 13.6 Å².